The van der Waals surface area contributed by atoms with Crippen molar-refractivity contribution in [2.24, 2.45) is 0 Å². The zero-order valence-electron chi connectivity index (χ0n) is 18.3. The van der Waals surface area contributed by atoms with E-state index in [9.17, 15) is 9.59 Å². The van der Waals surface area contributed by atoms with Crippen LogP contribution < -0.4 is 10.6 Å². The molecule has 2 heterocycles. The van der Waals surface area contributed by atoms with E-state index in [1.165, 1.54) is 0 Å². The molecule has 2 N–H and O–H groups in total. The maximum absolute atomic E-state index is 12.8. The highest BCUT2D eigenvalue weighted by Crippen LogP contribution is 2.20. The largest absolute Gasteiger partial charge is 0.349 e. The van der Waals surface area contributed by atoms with Crippen LogP contribution in [-0.2, 0) is 0 Å². The van der Waals surface area contributed by atoms with E-state index in [1.54, 1.807) is 25.3 Å². The molecular weight excluding hydrogens is 402 g/mol. The Morgan fingerprint density at radius 1 is 1.00 bits per heavy atom. The van der Waals surface area contributed by atoms with Gasteiger partial charge in [0, 0.05) is 22.9 Å². The van der Waals surface area contributed by atoms with Gasteiger partial charge in [-0.2, -0.15) is 0 Å². The number of carbonyl (C=O) groups is 2. The monoisotopic (exact) mass is 429 g/mol. The molecule has 4 rings (SSSR count). The third-order valence-electron chi connectivity index (χ3n) is 5.68. The molecule has 2 aromatic carbocycles. The van der Waals surface area contributed by atoms with Gasteiger partial charge in [0.2, 0.25) is 0 Å². The van der Waals surface area contributed by atoms with Gasteiger partial charge in [-0.15, -0.1) is 0 Å². The number of likely N-dealkylation sites (tertiary alicyclic amines) is 1. The van der Waals surface area contributed by atoms with Crippen LogP contribution in [0.1, 0.15) is 39.4 Å². The number of piperidine rings is 1. The number of anilines is 1. The van der Waals surface area contributed by atoms with E-state index in [1.807, 2.05) is 42.5 Å². The average molecular weight is 430 g/mol. The number of benzene rings is 2. The van der Waals surface area contributed by atoms with Gasteiger partial charge in [0.25, 0.3) is 11.8 Å². The number of nitrogens with zero attached hydrogens (tertiary/aromatic N) is 3. The molecule has 164 valence electrons. The highest BCUT2D eigenvalue weighted by molar-refractivity contribution is 6.03. The van der Waals surface area contributed by atoms with Crippen LogP contribution in [0.5, 0.6) is 0 Å². The lowest BCUT2D eigenvalue weighted by Crippen LogP contribution is -2.43. The highest BCUT2D eigenvalue weighted by atomic mass is 16.2. The molecule has 3 aromatic rings. The molecule has 1 aliphatic heterocycles. The minimum Gasteiger partial charge on any atom is -0.349 e. The molecule has 2 amide bonds. The molecule has 0 saturated carbocycles. The summed E-state index contributed by atoms with van der Waals surface area (Å²) in [5, 5.41) is 5.98. The molecule has 1 saturated heterocycles. The normalized spacial score (nSPS) is 14.7. The van der Waals surface area contributed by atoms with Crippen LogP contribution in [0, 0.1) is 6.92 Å². The molecule has 7 heteroatoms. The van der Waals surface area contributed by atoms with Crippen LogP contribution in [0.25, 0.3) is 11.3 Å². The van der Waals surface area contributed by atoms with E-state index in [-0.39, 0.29) is 23.6 Å². The third-order valence-corrected chi connectivity index (χ3v) is 5.68. The Balaban J connectivity index is 1.52. The van der Waals surface area contributed by atoms with E-state index >= 15 is 0 Å². The number of para-hydroxylation sites is 1. The van der Waals surface area contributed by atoms with Gasteiger partial charge in [-0.1, -0.05) is 30.3 Å². The van der Waals surface area contributed by atoms with E-state index < -0.39 is 0 Å². The van der Waals surface area contributed by atoms with E-state index in [2.05, 4.69) is 32.5 Å². The second-order valence-electron chi connectivity index (χ2n) is 8.14. The fourth-order valence-electron chi connectivity index (χ4n) is 3.76. The van der Waals surface area contributed by atoms with Gasteiger partial charge < -0.3 is 15.5 Å². The summed E-state index contributed by atoms with van der Waals surface area (Å²) in [6.45, 7) is 3.72. The van der Waals surface area contributed by atoms with Crippen molar-refractivity contribution in [3.05, 3.63) is 77.7 Å². The summed E-state index contributed by atoms with van der Waals surface area (Å²) in [5.41, 5.74) is 3.34. The number of hydrogen-bond acceptors (Lipinski definition) is 5. The topological polar surface area (TPSA) is 87.2 Å². The van der Waals surface area contributed by atoms with Crippen molar-refractivity contribution in [1.82, 2.24) is 20.2 Å². The molecule has 1 aliphatic rings. The Kier molecular flexibility index (Phi) is 6.56. The fraction of sp³-hybridized carbons (Fsp3) is 0.280. The molecule has 1 fully saturated rings. The van der Waals surface area contributed by atoms with Gasteiger partial charge >= 0.3 is 0 Å². The number of nitrogens with one attached hydrogen (secondary N) is 2. The summed E-state index contributed by atoms with van der Waals surface area (Å²) in [4.78, 5) is 36.7. The number of carbonyl (C=O) groups excluding carboxylic acids is 2. The van der Waals surface area contributed by atoms with Crippen molar-refractivity contribution in [3.63, 3.8) is 0 Å². The quantitative estimate of drug-likeness (QED) is 0.648. The molecule has 0 atom stereocenters. The molecule has 0 radical (unpaired) electrons. The smallest absolute Gasteiger partial charge is 0.276 e. The standard InChI is InChI=1S/C25H27N5O2/c1-17-23(25(32)28-20-9-4-3-5-10-20)29-22(16-26-17)18-7-6-8-19(15-18)24(31)27-21-11-13-30(2)14-12-21/h3-10,15-16,21H,11-14H2,1-2H3,(H,27,31)(H,28,32). The van der Waals surface area contributed by atoms with E-state index in [4.69, 9.17) is 0 Å². The zero-order valence-corrected chi connectivity index (χ0v) is 18.3. The minimum atomic E-state index is -0.320. The number of aryl methyl sites for hydroxylation is 1. The predicted octanol–water partition coefficient (Wildman–Crippen LogP) is 3.53. The third kappa shape index (κ3) is 5.18. The Morgan fingerprint density at radius 2 is 1.75 bits per heavy atom. The number of aromatic nitrogens is 2. The van der Waals surface area contributed by atoms with Crippen molar-refractivity contribution in [2.45, 2.75) is 25.8 Å². The number of rotatable bonds is 5. The van der Waals surface area contributed by atoms with Crippen LogP contribution in [-0.4, -0.2) is 52.9 Å². The molecule has 32 heavy (non-hydrogen) atoms. The molecule has 0 bridgehead atoms. The molecule has 1 aromatic heterocycles. The number of amides is 2. The summed E-state index contributed by atoms with van der Waals surface area (Å²) in [5.74, 6) is -0.414. The van der Waals surface area contributed by atoms with Crippen LogP contribution in [0.3, 0.4) is 0 Å². The summed E-state index contributed by atoms with van der Waals surface area (Å²) >= 11 is 0. The van der Waals surface area contributed by atoms with Crippen molar-refractivity contribution in [2.75, 3.05) is 25.5 Å². The van der Waals surface area contributed by atoms with Crippen molar-refractivity contribution < 1.29 is 9.59 Å². The van der Waals surface area contributed by atoms with Crippen molar-refractivity contribution in [1.29, 1.82) is 0 Å². The van der Waals surface area contributed by atoms with Crippen LogP contribution in [0.4, 0.5) is 5.69 Å². The minimum absolute atomic E-state index is 0.0940. The molecule has 0 unspecified atom stereocenters. The van der Waals surface area contributed by atoms with Crippen LogP contribution in [0.15, 0.2) is 60.8 Å². The van der Waals surface area contributed by atoms with E-state index in [0.717, 1.165) is 31.5 Å². The zero-order chi connectivity index (χ0) is 22.5. The second-order valence-corrected chi connectivity index (χ2v) is 8.14. The maximum atomic E-state index is 12.8. The second kappa shape index (κ2) is 9.70. The summed E-state index contributed by atoms with van der Waals surface area (Å²) in [6, 6.07) is 16.7. The van der Waals surface area contributed by atoms with E-state index in [0.29, 0.717) is 22.6 Å². The Bertz CT molecular complexity index is 1110. The Morgan fingerprint density at radius 3 is 2.50 bits per heavy atom. The van der Waals surface area contributed by atoms with Crippen molar-refractivity contribution in [3.8, 4) is 11.3 Å². The average Bonchev–Trinajstić information content (AvgIpc) is 2.81. The molecule has 0 spiro atoms. The van der Waals surface area contributed by atoms with Gasteiger partial charge in [0.05, 0.1) is 17.6 Å². The first-order valence-corrected chi connectivity index (χ1v) is 10.8. The highest BCUT2D eigenvalue weighted by Gasteiger charge is 2.20. The lowest BCUT2D eigenvalue weighted by atomic mass is 10.0. The summed E-state index contributed by atoms with van der Waals surface area (Å²) in [7, 11) is 2.10. The lowest BCUT2D eigenvalue weighted by molar-refractivity contribution is 0.0916. The van der Waals surface area contributed by atoms with Gasteiger partial charge in [-0.05, 0) is 64.2 Å². The first-order valence-electron chi connectivity index (χ1n) is 10.8. The van der Waals surface area contributed by atoms with Gasteiger partial charge in [-0.3, -0.25) is 14.6 Å². The predicted molar refractivity (Wildman–Crippen MR) is 125 cm³/mol. The number of hydrogen-bond donors (Lipinski definition) is 2. The SMILES string of the molecule is Cc1ncc(-c2cccc(C(=O)NC3CCN(C)CC3)c2)nc1C(=O)Nc1ccccc1. The first-order chi connectivity index (χ1) is 15.5. The molecular formula is C25H27N5O2. The lowest BCUT2D eigenvalue weighted by Gasteiger charge is -2.29. The summed E-state index contributed by atoms with van der Waals surface area (Å²) in [6.07, 6.45) is 3.53. The van der Waals surface area contributed by atoms with Gasteiger partial charge in [0.15, 0.2) is 0 Å². The maximum Gasteiger partial charge on any atom is 0.276 e. The van der Waals surface area contributed by atoms with Crippen LogP contribution in [0.2, 0.25) is 0 Å². The summed E-state index contributed by atoms with van der Waals surface area (Å²) < 4.78 is 0. The van der Waals surface area contributed by atoms with Gasteiger partial charge in [0.1, 0.15) is 5.69 Å². The first kappa shape index (κ1) is 21.6. The molecule has 7 nitrogen and oxygen atoms in total. The van der Waals surface area contributed by atoms with Crippen LogP contribution >= 0.6 is 0 Å². The Hall–Kier alpha value is -3.58. The van der Waals surface area contributed by atoms with Gasteiger partial charge in [-0.25, -0.2) is 4.98 Å². The van der Waals surface area contributed by atoms with Crippen molar-refractivity contribution >= 4 is 17.5 Å². The fourth-order valence-corrected chi connectivity index (χ4v) is 3.76. The Labute approximate surface area is 187 Å². The molecule has 0 aliphatic carbocycles.